The molecule has 7 atom stereocenters. The molecular formula is C13H25NO2S. The topological polar surface area (TPSA) is 52.3 Å². The van der Waals surface area contributed by atoms with E-state index >= 15 is 0 Å². The van der Waals surface area contributed by atoms with Crippen molar-refractivity contribution in [2.75, 3.05) is 6.61 Å². The Morgan fingerprint density at radius 2 is 1.94 bits per heavy atom. The zero-order chi connectivity index (χ0) is 12.6. The number of hydrogen-bond donors (Lipinski definition) is 1. The fraction of sp³-hybridized carbons (Fsp3) is 1.00. The molecule has 0 aromatic carbocycles. The minimum Gasteiger partial charge on any atom is -0.377 e. The van der Waals surface area contributed by atoms with Crippen LogP contribution in [0, 0.1) is 11.8 Å². The Kier molecular flexibility index (Phi) is 4.26. The van der Waals surface area contributed by atoms with Crippen LogP contribution in [0.1, 0.15) is 40.0 Å². The van der Waals surface area contributed by atoms with E-state index in [0.29, 0.717) is 11.8 Å². The van der Waals surface area contributed by atoms with Crippen molar-refractivity contribution in [3.05, 3.63) is 0 Å². The number of ether oxygens (including phenoxy) is 1. The Morgan fingerprint density at radius 1 is 1.24 bits per heavy atom. The van der Waals surface area contributed by atoms with Gasteiger partial charge >= 0.3 is 0 Å². The molecule has 1 saturated carbocycles. The Morgan fingerprint density at radius 3 is 2.47 bits per heavy atom. The second kappa shape index (κ2) is 5.37. The Balaban J connectivity index is 2.07. The summed E-state index contributed by atoms with van der Waals surface area (Å²) in [5.74, 6) is 1.15. The summed E-state index contributed by atoms with van der Waals surface area (Å²) in [5, 5.41) is 0.363. The van der Waals surface area contributed by atoms with Gasteiger partial charge in [0.25, 0.3) is 0 Å². The number of nitrogens with two attached hydrogens (primary N) is 1. The minimum atomic E-state index is -0.837. The third kappa shape index (κ3) is 2.74. The number of hydrogen-bond acceptors (Lipinski definition) is 3. The lowest BCUT2D eigenvalue weighted by molar-refractivity contribution is 0.126. The lowest BCUT2D eigenvalue weighted by Crippen LogP contribution is -2.50. The molecule has 0 radical (unpaired) electrons. The van der Waals surface area contributed by atoms with Gasteiger partial charge < -0.3 is 10.5 Å². The quantitative estimate of drug-likeness (QED) is 0.821. The summed E-state index contributed by atoms with van der Waals surface area (Å²) in [7, 11) is -0.837. The van der Waals surface area contributed by atoms with Crippen LogP contribution in [0.25, 0.3) is 0 Å². The van der Waals surface area contributed by atoms with E-state index in [1.54, 1.807) is 0 Å². The van der Waals surface area contributed by atoms with E-state index in [1.165, 1.54) is 0 Å². The first-order valence-electron chi connectivity index (χ1n) is 6.77. The highest BCUT2D eigenvalue weighted by molar-refractivity contribution is 7.86. The van der Waals surface area contributed by atoms with Crippen molar-refractivity contribution in [1.82, 2.24) is 0 Å². The Bertz CT molecular complexity index is 285. The van der Waals surface area contributed by atoms with Gasteiger partial charge in [0.2, 0.25) is 0 Å². The van der Waals surface area contributed by atoms with Crippen molar-refractivity contribution in [1.29, 1.82) is 0 Å². The van der Waals surface area contributed by atoms with E-state index in [4.69, 9.17) is 10.5 Å². The highest BCUT2D eigenvalue weighted by Gasteiger charge is 2.41. The lowest BCUT2D eigenvalue weighted by atomic mass is 9.80. The van der Waals surface area contributed by atoms with Gasteiger partial charge in [0.05, 0.1) is 16.6 Å². The van der Waals surface area contributed by atoms with E-state index in [2.05, 4.69) is 13.8 Å². The molecule has 0 aromatic heterocycles. The molecule has 1 saturated heterocycles. The molecular weight excluding hydrogens is 234 g/mol. The van der Waals surface area contributed by atoms with E-state index in [1.807, 2.05) is 6.92 Å². The van der Waals surface area contributed by atoms with Gasteiger partial charge in [-0.25, -0.2) is 0 Å². The normalized spacial score (nSPS) is 49.2. The van der Waals surface area contributed by atoms with Crippen molar-refractivity contribution in [2.24, 2.45) is 17.6 Å². The maximum absolute atomic E-state index is 12.7. The van der Waals surface area contributed by atoms with Gasteiger partial charge in [-0.1, -0.05) is 13.8 Å². The zero-order valence-electron chi connectivity index (χ0n) is 11.1. The molecule has 100 valence electrons. The molecule has 0 bridgehead atoms. The molecule has 1 aliphatic carbocycles. The van der Waals surface area contributed by atoms with Crippen molar-refractivity contribution >= 4 is 10.8 Å². The summed E-state index contributed by atoms with van der Waals surface area (Å²) in [5.41, 5.74) is 6.24. The first kappa shape index (κ1) is 13.5. The summed E-state index contributed by atoms with van der Waals surface area (Å²) in [4.78, 5) is 0. The standard InChI is InChI=1S/C13H25NO2S/c1-8-6-9(2)13(11(14)7-8)17(15)12-4-5-16-10(12)3/h8-13H,4-7,14H2,1-3H3. The highest BCUT2D eigenvalue weighted by atomic mass is 32.2. The first-order valence-corrected chi connectivity index (χ1v) is 8.05. The number of rotatable bonds is 2. The molecule has 1 heterocycles. The molecule has 2 rings (SSSR count). The van der Waals surface area contributed by atoms with Gasteiger partial charge in [-0.2, -0.15) is 0 Å². The smallest absolute Gasteiger partial charge is 0.0691 e. The highest BCUT2D eigenvalue weighted by Crippen LogP contribution is 2.34. The van der Waals surface area contributed by atoms with Crippen LogP contribution < -0.4 is 5.73 Å². The summed E-state index contributed by atoms with van der Waals surface area (Å²) < 4.78 is 18.2. The van der Waals surface area contributed by atoms with Crippen LogP contribution in [0.4, 0.5) is 0 Å². The maximum Gasteiger partial charge on any atom is 0.0691 e. The Labute approximate surface area is 107 Å². The second-order valence-corrected chi connectivity index (χ2v) is 7.72. The third-order valence-electron chi connectivity index (χ3n) is 4.30. The largest absolute Gasteiger partial charge is 0.377 e. The summed E-state index contributed by atoms with van der Waals surface area (Å²) >= 11 is 0. The van der Waals surface area contributed by atoms with Gasteiger partial charge in [-0.15, -0.1) is 0 Å². The van der Waals surface area contributed by atoms with Crippen LogP contribution in [0.15, 0.2) is 0 Å². The molecule has 4 heteroatoms. The predicted molar refractivity (Wildman–Crippen MR) is 71.3 cm³/mol. The van der Waals surface area contributed by atoms with Crippen LogP contribution in [-0.4, -0.2) is 33.5 Å². The van der Waals surface area contributed by atoms with Gasteiger partial charge in [0, 0.05) is 23.4 Å². The molecule has 2 N–H and O–H groups in total. The van der Waals surface area contributed by atoms with E-state index in [9.17, 15) is 4.21 Å². The molecule has 0 amide bonds. The molecule has 2 aliphatic rings. The van der Waals surface area contributed by atoms with Crippen LogP contribution in [0.5, 0.6) is 0 Å². The molecule has 7 unspecified atom stereocenters. The maximum atomic E-state index is 12.7. The van der Waals surface area contributed by atoms with E-state index in [0.717, 1.165) is 25.9 Å². The average Bonchev–Trinajstić information content (AvgIpc) is 2.62. The zero-order valence-corrected chi connectivity index (χ0v) is 11.9. The monoisotopic (exact) mass is 259 g/mol. The molecule has 1 aliphatic heterocycles. The van der Waals surface area contributed by atoms with Crippen molar-refractivity contribution in [2.45, 2.75) is 62.7 Å². The van der Waals surface area contributed by atoms with Crippen molar-refractivity contribution < 1.29 is 8.95 Å². The first-order chi connectivity index (χ1) is 8.00. The summed E-state index contributed by atoms with van der Waals surface area (Å²) in [6, 6.07) is 0.0994. The minimum absolute atomic E-state index is 0.0994. The van der Waals surface area contributed by atoms with Crippen LogP contribution in [0.3, 0.4) is 0 Å². The van der Waals surface area contributed by atoms with Gasteiger partial charge in [0.15, 0.2) is 0 Å². The summed E-state index contributed by atoms with van der Waals surface area (Å²) in [6.45, 7) is 7.25. The predicted octanol–water partition coefficient (Wildman–Crippen LogP) is 1.67. The molecule has 17 heavy (non-hydrogen) atoms. The second-order valence-electron chi connectivity index (χ2n) is 5.91. The molecule has 0 spiro atoms. The van der Waals surface area contributed by atoms with E-state index < -0.39 is 10.8 Å². The van der Waals surface area contributed by atoms with Gasteiger partial charge in [0.1, 0.15) is 0 Å². The summed E-state index contributed by atoms with van der Waals surface area (Å²) in [6.07, 6.45) is 3.24. The van der Waals surface area contributed by atoms with Crippen LogP contribution in [-0.2, 0) is 15.5 Å². The van der Waals surface area contributed by atoms with Crippen LogP contribution in [0.2, 0.25) is 0 Å². The Hall–Kier alpha value is 0.0700. The average molecular weight is 259 g/mol. The molecule has 0 aromatic rings. The van der Waals surface area contributed by atoms with Crippen molar-refractivity contribution in [3.8, 4) is 0 Å². The fourth-order valence-electron chi connectivity index (χ4n) is 3.51. The van der Waals surface area contributed by atoms with Crippen LogP contribution >= 0.6 is 0 Å². The van der Waals surface area contributed by atoms with Gasteiger partial charge in [-0.3, -0.25) is 4.21 Å². The SMILES string of the molecule is CC1CC(C)C(S(=O)C2CCOC2C)C(N)C1. The fourth-order valence-corrected chi connectivity index (χ4v) is 5.72. The van der Waals surface area contributed by atoms with Gasteiger partial charge in [-0.05, 0) is 38.0 Å². The van der Waals surface area contributed by atoms with E-state index in [-0.39, 0.29) is 22.6 Å². The third-order valence-corrected chi connectivity index (χ3v) is 6.87. The lowest BCUT2D eigenvalue weighted by Gasteiger charge is -2.38. The molecule has 3 nitrogen and oxygen atoms in total. The molecule has 2 fully saturated rings. The van der Waals surface area contributed by atoms with Crippen molar-refractivity contribution in [3.63, 3.8) is 0 Å².